The third-order valence-electron chi connectivity index (χ3n) is 3.47. The van der Waals surface area contributed by atoms with Gasteiger partial charge < -0.3 is 40.1 Å². The van der Waals surface area contributed by atoms with Crippen LogP contribution in [0.1, 0.15) is 12.8 Å². The molecule has 0 radical (unpaired) electrons. The Bertz CT molecular complexity index is 414. The second-order valence-corrected chi connectivity index (χ2v) is 5.08. The van der Waals surface area contributed by atoms with Gasteiger partial charge in [-0.1, -0.05) is 0 Å². The molecule has 1 aliphatic heterocycles. The fourth-order valence-electron chi connectivity index (χ4n) is 2.03. The predicted octanol–water partition coefficient (Wildman–Crippen LogP) is -2.54. The maximum absolute atomic E-state index is 13.7. The zero-order valence-electron chi connectivity index (χ0n) is 11.9. The van der Waals surface area contributed by atoms with E-state index in [-0.39, 0.29) is 13.0 Å². The predicted molar refractivity (Wildman–Crippen MR) is 68.1 cm³/mol. The molecule has 0 aromatic rings. The zero-order valence-corrected chi connectivity index (χ0v) is 11.9. The first-order chi connectivity index (χ1) is 10.6. The van der Waals surface area contributed by atoms with Crippen LogP contribution >= 0.6 is 0 Å². The summed E-state index contributed by atoms with van der Waals surface area (Å²) in [6, 6.07) is 0. The fourth-order valence-corrected chi connectivity index (χ4v) is 2.03. The molecule has 10 nitrogen and oxygen atoms in total. The van der Waals surface area contributed by atoms with Gasteiger partial charge in [-0.15, -0.1) is 0 Å². The number of aliphatic hydroxyl groups is 4. The molecular weight excluding hydrogens is 323 g/mol. The van der Waals surface area contributed by atoms with Gasteiger partial charge in [-0.2, -0.15) is 0 Å². The summed E-state index contributed by atoms with van der Waals surface area (Å²) >= 11 is 0. The monoisotopic (exact) mass is 342 g/mol. The van der Waals surface area contributed by atoms with Gasteiger partial charge in [0.25, 0.3) is 0 Å². The second-order valence-electron chi connectivity index (χ2n) is 5.08. The standard InChI is InChI=1S/C12H19FO10/c13-12(10(18)19,11(20)21)2-1-3-22-9-8(17)7(16)6(15)5(4-14)23-9/h5-9,14-17H,1-4H2,(H,18,19)(H,20,21). The highest BCUT2D eigenvalue weighted by atomic mass is 19.1. The maximum Gasteiger partial charge on any atom is 0.353 e. The Balaban J connectivity index is 2.52. The maximum atomic E-state index is 13.7. The zero-order chi connectivity index (χ0) is 17.8. The highest BCUT2D eigenvalue weighted by Crippen LogP contribution is 2.23. The third-order valence-corrected chi connectivity index (χ3v) is 3.47. The highest BCUT2D eigenvalue weighted by Gasteiger charge is 2.47. The van der Waals surface area contributed by atoms with Crippen molar-refractivity contribution in [3.8, 4) is 0 Å². The van der Waals surface area contributed by atoms with E-state index >= 15 is 0 Å². The molecule has 5 unspecified atom stereocenters. The highest BCUT2D eigenvalue weighted by molar-refractivity contribution is 6.01. The smallest absolute Gasteiger partial charge is 0.353 e. The number of carboxylic acid groups (broad SMARTS) is 2. The molecule has 23 heavy (non-hydrogen) atoms. The van der Waals surface area contributed by atoms with Gasteiger partial charge >= 0.3 is 17.6 Å². The number of rotatable bonds is 8. The summed E-state index contributed by atoms with van der Waals surface area (Å²) in [6.07, 6.45) is -8.71. The lowest BCUT2D eigenvalue weighted by Crippen LogP contribution is -2.59. The van der Waals surface area contributed by atoms with E-state index in [2.05, 4.69) is 0 Å². The molecule has 1 aliphatic rings. The largest absolute Gasteiger partial charge is 0.478 e. The number of carboxylic acids is 2. The first-order valence-corrected chi connectivity index (χ1v) is 6.73. The van der Waals surface area contributed by atoms with Crippen molar-refractivity contribution in [1.29, 1.82) is 0 Å². The molecule has 1 fully saturated rings. The van der Waals surface area contributed by atoms with Crippen LogP contribution in [0.4, 0.5) is 4.39 Å². The molecule has 0 aromatic carbocycles. The molecule has 1 rings (SSSR count). The Morgan fingerprint density at radius 1 is 1.09 bits per heavy atom. The van der Waals surface area contributed by atoms with Crippen LogP contribution in [0.5, 0.6) is 0 Å². The number of hydrogen-bond donors (Lipinski definition) is 6. The Morgan fingerprint density at radius 3 is 2.13 bits per heavy atom. The Kier molecular flexibility index (Phi) is 6.80. The van der Waals surface area contributed by atoms with Crippen molar-refractivity contribution in [1.82, 2.24) is 0 Å². The van der Waals surface area contributed by atoms with Gasteiger partial charge in [0, 0.05) is 6.42 Å². The van der Waals surface area contributed by atoms with Crippen LogP contribution in [0, 0.1) is 0 Å². The molecule has 11 heteroatoms. The average Bonchev–Trinajstić information content (AvgIpc) is 2.50. The number of aliphatic carboxylic acids is 2. The molecular formula is C12H19FO10. The topological polar surface area (TPSA) is 174 Å². The minimum absolute atomic E-state index is 0.329. The van der Waals surface area contributed by atoms with Gasteiger partial charge in [0.05, 0.1) is 13.2 Å². The molecule has 6 N–H and O–H groups in total. The number of hydrogen-bond acceptors (Lipinski definition) is 8. The Labute approximate surface area is 129 Å². The lowest BCUT2D eigenvalue weighted by atomic mass is 9.99. The molecule has 0 spiro atoms. The normalized spacial score (nSPS) is 31.8. The third kappa shape index (κ3) is 4.34. The van der Waals surface area contributed by atoms with Gasteiger partial charge in [-0.05, 0) is 6.42 Å². The van der Waals surface area contributed by atoms with Crippen molar-refractivity contribution >= 4 is 11.9 Å². The summed E-state index contributed by atoms with van der Waals surface area (Å²) < 4.78 is 23.7. The minimum atomic E-state index is -3.46. The molecule has 0 saturated carbocycles. The first-order valence-electron chi connectivity index (χ1n) is 6.73. The number of ether oxygens (including phenoxy) is 2. The van der Waals surface area contributed by atoms with E-state index < -0.39 is 61.3 Å². The SMILES string of the molecule is O=C(O)C(F)(CCCOC1OC(CO)C(O)C(O)C1O)C(=O)O. The molecule has 134 valence electrons. The van der Waals surface area contributed by atoms with Crippen LogP contribution in [0.3, 0.4) is 0 Å². The summed E-state index contributed by atoms with van der Waals surface area (Å²) in [5.74, 6) is -4.28. The first kappa shape index (κ1) is 19.7. The number of alkyl halides is 1. The van der Waals surface area contributed by atoms with E-state index in [0.717, 1.165) is 0 Å². The van der Waals surface area contributed by atoms with Crippen molar-refractivity contribution in [2.75, 3.05) is 13.2 Å². The van der Waals surface area contributed by atoms with Crippen LogP contribution in [0.2, 0.25) is 0 Å². The molecule has 1 saturated heterocycles. The fraction of sp³-hybridized carbons (Fsp3) is 0.833. The summed E-state index contributed by atoms with van der Waals surface area (Å²) in [4.78, 5) is 21.2. The molecule has 0 amide bonds. The van der Waals surface area contributed by atoms with E-state index in [4.69, 9.17) is 24.8 Å². The van der Waals surface area contributed by atoms with Gasteiger partial charge in [0.1, 0.15) is 24.4 Å². The Morgan fingerprint density at radius 2 is 1.65 bits per heavy atom. The van der Waals surface area contributed by atoms with E-state index in [1.54, 1.807) is 0 Å². The molecule has 5 atom stereocenters. The van der Waals surface area contributed by atoms with Crippen molar-refractivity contribution in [2.24, 2.45) is 0 Å². The number of aliphatic hydroxyl groups excluding tert-OH is 4. The molecule has 0 bridgehead atoms. The van der Waals surface area contributed by atoms with Crippen LogP contribution in [-0.2, 0) is 19.1 Å². The molecule has 0 aliphatic carbocycles. The average molecular weight is 342 g/mol. The van der Waals surface area contributed by atoms with Crippen LogP contribution in [0.25, 0.3) is 0 Å². The summed E-state index contributed by atoms with van der Waals surface area (Å²) in [5.41, 5.74) is -3.46. The van der Waals surface area contributed by atoms with E-state index in [9.17, 15) is 29.3 Å². The van der Waals surface area contributed by atoms with Gasteiger partial charge in [-0.25, -0.2) is 14.0 Å². The van der Waals surface area contributed by atoms with Crippen LogP contribution < -0.4 is 0 Å². The number of carbonyl (C=O) groups is 2. The molecule has 1 heterocycles. The van der Waals surface area contributed by atoms with E-state index in [1.807, 2.05) is 0 Å². The molecule has 0 aromatic heterocycles. The van der Waals surface area contributed by atoms with E-state index in [1.165, 1.54) is 0 Å². The van der Waals surface area contributed by atoms with Crippen LogP contribution in [0.15, 0.2) is 0 Å². The van der Waals surface area contributed by atoms with Gasteiger partial charge in [-0.3, -0.25) is 0 Å². The van der Waals surface area contributed by atoms with Crippen molar-refractivity contribution in [2.45, 2.75) is 49.2 Å². The number of halogens is 1. The van der Waals surface area contributed by atoms with Crippen molar-refractivity contribution in [3.63, 3.8) is 0 Å². The Hall–Kier alpha value is -1.37. The summed E-state index contributed by atoms with van der Waals surface area (Å²) in [7, 11) is 0. The summed E-state index contributed by atoms with van der Waals surface area (Å²) in [6.45, 7) is -1.04. The van der Waals surface area contributed by atoms with Gasteiger partial charge in [0.2, 0.25) is 0 Å². The van der Waals surface area contributed by atoms with E-state index in [0.29, 0.717) is 0 Å². The van der Waals surface area contributed by atoms with Crippen molar-refractivity contribution in [3.05, 3.63) is 0 Å². The summed E-state index contributed by atoms with van der Waals surface area (Å²) in [5, 5.41) is 54.8. The lowest BCUT2D eigenvalue weighted by Gasteiger charge is -2.39. The van der Waals surface area contributed by atoms with Crippen LogP contribution in [-0.4, -0.2) is 92.2 Å². The lowest BCUT2D eigenvalue weighted by molar-refractivity contribution is -0.301. The van der Waals surface area contributed by atoms with Crippen molar-refractivity contribution < 1.29 is 54.1 Å². The quantitative estimate of drug-likeness (QED) is 0.204. The second kappa shape index (κ2) is 7.95. The minimum Gasteiger partial charge on any atom is -0.478 e. The van der Waals surface area contributed by atoms with Gasteiger partial charge in [0.15, 0.2) is 6.29 Å².